The van der Waals surface area contributed by atoms with Gasteiger partial charge in [-0.2, -0.15) is 0 Å². The third-order valence-electron chi connectivity index (χ3n) is 2.14. The molecule has 0 aliphatic carbocycles. The second-order valence-corrected chi connectivity index (χ2v) is 4.05. The van der Waals surface area contributed by atoms with Crippen LogP contribution < -0.4 is 5.32 Å². The molecule has 0 aromatic carbocycles. The predicted molar refractivity (Wildman–Crippen MR) is 54.1 cm³/mol. The van der Waals surface area contributed by atoms with Crippen molar-refractivity contribution >= 4 is 22.4 Å². The fourth-order valence-electron chi connectivity index (χ4n) is 1.45. The summed E-state index contributed by atoms with van der Waals surface area (Å²) in [6.07, 6.45) is 2.27. The van der Waals surface area contributed by atoms with Gasteiger partial charge in [-0.15, -0.1) is 11.3 Å². The number of nitrogens with zero attached hydrogens (tertiary/aromatic N) is 1. The lowest BCUT2D eigenvalue weighted by Crippen LogP contribution is -2.31. The van der Waals surface area contributed by atoms with Crippen LogP contribution in [0.4, 0.5) is 9.80 Å². The quantitative estimate of drug-likeness (QED) is 0.734. The van der Waals surface area contributed by atoms with Crippen molar-refractivity contribution in [2.75, 3.05) is 18.4 Å². The van der Waals surface area contributed by atoms with Crippen LogP contribution in [0.15, 0.2) is 17.5 Å². The third-order valence-corrected chi connectivity index (χ3v) is 2.93. The molecule has 0 radical (unpaired) electrons. The van der Waals surface area contributed by atoms with Gasteiger partial charge in [0.25, 0.3) is 0 Å². The van der Waals surface area contributed by atoms with E-state index in [0.717, 1.165) is 30.9 Å². The van der Waals surface area contributed by atoms with Gasteiger partial charge in [0, 0.05) is 13.1 Å². The van der Waals surface area contributed by atoms with Crippen molar-refractivity contribution in [3.05, 3.63) is 17.5 Å². The van der Waals surface area contributed by atoms with E-state index in [2.05, 4.69) is 5.32 Å². The molecule has 3 nitrogen and oxygen atoms in total. The first-order chi connectivity index (χ1) is 6.36. The van der Waals surface area contributed by atoms with E-state index in [4.69, 9.17) is 0 Å². The van der Waals surface area contributed by atoms with Crippen molar-refractivity contribution in [1.82, 2.24) is 4.90 Å². The van der Waals surface area contributed by atoms with Gasteiger partial charge in [0.1, 0.15) is 0 Å². The summed E-state index contributed by atoms with van der Waals surface area (Å²) < 4.78 is 0. The summed E-state index contributed by atoms with van der Waals surface area (Å²) in [5, 5.41) is 5.75. The van der Waals surface area contributed by atoms with Crippen LogP contribution in [0, 0.1) is 0 Å². The van der Waals surface area contributed by atoms with Gasteiger partial charge in [0.2, 0.25) is 0 Å². The Morgan fingerprint density at radius 3 is 2.85 bits per heavy atom. The average molecular weight is 196 g/mol. The maximum atomic E-state index is 11.5. The average Bonchev–Trinajstić information content (AvgIpc) is 2.74. The minimum atomic E-state index is 0.0416. The van der Waals surface area contributed by atoms with Crippen LogP contribution in [0.1, 0.15) is 12.8 Å². The summed E-state index contributed by atoms with van der Waals surface area (Å²) >= 11 is 1.55. The summed E-state index contributed by atoms with van der Waals surface area (Å²) in [5.74, 6) is 0. The molecule has 70 valence electrons. The molecule has 1 aromatic rings. The zero-order chi connectivity index (χ0) is 9.10. The maximum Gasteiger partial charge on any atom is 0.322 e. The standard InChI is InChI=1S/C9H12N2OS/c12-9(11-5-1-2-6-11)10-8-4-3-7-13-8/h3-4,7H,1-2,5-6H2,(H,10,12). The number of hydrogen-bond acceptors (Lipinski definition) is 2. The SMILES string of the molecule is O=C(Nc1cccs1)N1CCCC1. The van der Waals surface area contributed by atoms with Gasteiger partial charge in [-0.1, -0.05) is 0 Å². The first kappa shape index (κ1) is 8.56. The highest BCUT2D eigenvalue weighted by molar-refractivity contribution is 7.14. The van der Waals surface area contributed by atoms with Gasteiger partial charge in [0.05, 0.1) is 5.00 Å². The van der Waals surface area contributed by atoms with Crippen LogP contribution in [-0.4, -0.2) is 24.0 Å². The summed E-state index contributed by atoms with van der Waals surface area (Å²) in [4.78, 5) is 13.4. The zero-order valence-electron chi connectivity index (χ0n) is 7.32. The van der Waals surface area contributed by atoms with E-state index in [-0.39, 0.29) is 6.03 Å². The molecule has 4 heteroatoms. The van der Waals surface area contributed by atoms with Crippen molar-refractivity contribution in [2.45, 2.75) is 12.8 Å². The van der Waals surface area contributed by atoms with E-state index in [0.29, 0.717) is 0 Å². The molecule has 1 fully saturated rings. The van der Waals surface area contributed by atoms with Crippen LogP contribution in [0.3, 0.4) is 0 Å². The van der Waals surface area contributed by atoms with Crippen molar-refractivity contribution < 1.29 is 4.79 Å². The Bertz CT molecular complexity index is 278. The lowest BCUT2D eigenvalue weighted by atomic mass is 10.4. The van der Waals surface area contributed by atoms with Gasteiger partial charge in [-0.25, -0.2) is 4.79 Å². The predicted octanol–water partition coefficient (Wildman–Crippen LogP) is 2.38. The number of carbonyl (C=O) groups excluding carboxylic acids is 1. The van der Waals surface area contributed by atoms with Crippen molar-refractivity contribution in [3.8, 4) is 0 Å². The molecular formula is C9H12N2OS. The third kappa shape index (κ3) is 2.01. The number of carbonyl (C=O) groups is 1. The van der Waals surface area contributed by atoms with E-state index in [1.165, 1.54) is 0 Å². The Labute approximate surface area is 81.4 Å². The van der Waals surface area contributed by atoms with Crippen LogP contribution in [0.5, 0.6) is 0 Å². The minimum absolute atomic E-state index is 0.0416. The zero-order valence-corrected chi connectivity index (χ0v) is 8.14. The second-order valence-electron chi connectivity index (χ2n) is 3.10. The Morgan fingerprint density at radius 2 is 2.23 bits per heavy atom. The molecule has 2 heterocycles. The Hall–Kier alpha value is -1.03. The number of anilines is 1. The summed E-state index contributed by atoms with van der Waals surface area (Å²) in [6.45, 7) is 1.80. The van der Waals surface area contributed by atoms with E-state index >= 15 is 0 Å². The molecule has 2 amide bonds. The van der Waals surface area contributed by atoms with E-state index < -0.39 is 0 Å². The highest BCUT2D eigenvalue weighted by atomic mass is 32.1. The fraction of sp³-hybridized carbons (Fsp3) is 0.444. The first-order valence-corrected chi connectivity index (χ1v) is 5.34. The van der Waals surface area contributed by atoms with Crippen LogP contribution >= 0.6 is 11.3 Å². The molecule has 1 saturated heterocycles. The first-order valence-electron chi connectivity index (χ1n) is 4.46. The molecule has 0 spiro atoms. The fourth-order valence-corrected chi connectivity index (χ4v) is 2.06. The van der Waals surface area contributed by atoms with Crippen molar-refractivity contribution in [2.24, 2.45) is 0 Å². The Kier molecular flexibility index (Phi) is 2.49. The summed E-state index contributed by atoms with van der Waals surface area (Å²) in [6, 6.07) is 3.89. The number of urea groups is 1. The van der Waals surface area contributed by atoms with Crippen LogP contribution in [-0.2, 0) is 0 Å². The van der Waals surface area contributed by atoms with E-state index in [9.17, 15) is 4.79 Å². The molecule has 0 unspecified atom stereocenters. The Balaban J connectivity index is 1.91. The molecule has 2 rings (SSSR count). The monoisotopic (exact) mass is 196 g/mol. The summed E-state index contributed by atoms with van der Waals surface area (Å²) in [7, 11) is 0. The summed E-state index contributed by atoms with van der Waals surface area (Å²) in [5.41, 5.74) is 0. The second kappa shape index (κ2) is 3.79. The van der Waals surface area contributed by atoms with Crippen molar-refractivity contribution in [3.63, 3.8) is 0 Å². The number of likely N-dealkylation sites (tertiary alicyclic amines) is 1. The lowest BCUT2D eigenvalue weighted by molar-refractivity contribution is 0.222. The largest absolute Gasteiger partial charge is 0.325 e. The smallest absolute Gasteiger partial charge is 0.322 e. The molecule has 1 aromatic heterocycles. The topological polar surface area (TPSA) is 32.3 Å². The van der Waals surface area contributed by atoms with Gasteiger partial charge < -0.3 is 4.90 Å². The highest BCUT2D eigenvalue weighted by Gasteiger charge is 2.17. The van der Waals surface area contributed by atoms with Crippen molar-refractivity contribution in [1.29, 1.82) is 0 Å². The molecule has 1 aliphatic rings. The van der Waals surface area contributed by atoms with Gasteiger partial charge in [-0.3, -0.25) is 5.32 Å². The molecule has 0 bridgehead atoms. The number of hydrogen-bond donors (Lipinski definition) is 1. The van der Waals surface area contributed by atoms with Crippen LogP contribution in [0.25, 0.3) is 0 Å². The highest BCUT2D eigenvalue weighted by Crippen LogP contribution is 2.16. The molecular weight excluding hydrogens is 184 g/mol. The molecule has 1 aliphatic heterocycles. The number of nitrogens with one attached hydrogen (secondary N) is 1. The van der Waals surface area contributed by atoms with E-state index in [1.54, 1.807) is 11.3 Å². The maximum absolute atomic E-state index is 11.5. The number of amides is 2. The van der Waals surface area contributed by atoms with E-state index in [1.807, 2.05) is 22.4 Å². The normalized spacial score (nSPS) is 16.2. The molecule has 13 heavy (non-hydrogen) atoms. The van der Waals surface area contributed by atoms with Crippen LogP contribution in [0.2, 0.25) is 0 Å². The number of rotatable bonds is 1. The van der Waals surface area contributed by atoms with Gasteiger partial charge >= 0.3 is 6.03 Å². The minimum Gasteiger partial charge on any atom is -0.325 e. The molecule has 0 saturated carbocycles. The Morgan fingerprint density at radius 1 is 1.46 bits per heavy atom. The van der Waals surface area contributed by atoms with Gasteiger partial charge in [0.15, 0.2) is 0 Å². The molecule has 0 atom stereocenters. The van der Waals surface area contributed by atoms with Gasteiger partial charge in [-0.05, 0) is 30.4 Å². The number of thiophene rings is 1. The molecule has 1 N–H and O–H groups in total. The lowest BCUT2D eigenvalue weighted by Gasteiger charge is -2.14.